The Bertz CT molecular complexity index is 1520. The maximum Gasteiger partial charge on any atom is 0.00390 e. The molecule has 9 rings (SSSR count). The van der Waals surface area contributed by atoms with Crippen molar-refractivity contribution in [3.63, 3.8) is 0 Å². The molecule has 0 spiro atoms. The molecule has 2 unspecified atom stereocenters. The van der Waals surface area contributed by atoms with E-state index in [4.69, 9.17) is 11.5 Å². The number of hydrogen-bond donors (Lipinski definition) is 2. The molecule has 0 saturated heterocycles. The molecule has 0 aliphatic heterocycles. The highest BCUT2D eigenvalue weighted by Crippen LogP contribution is 2.42. The first-order valence-electron chi connectivity index (χ1n) is 46.6. The van der Waals surface area contributed by atoms with E-state index in [1.807, 2.05) is 0 Å². The molecule has 0 radical (unpaired) electrons. The fourth-order valence-electron chi connectivity index (χ4n) is 21.4. The van der Waals surface area contributed by atoms with Gasteiger partial charge in [0.05, 0.1) is 0 Å². The van der Waals surface area contributed by atoms with Crippen molar-refractivity contribution in [2.45, 2.75) is 474 Å². The highest BCUT2D eigenvalue weighted by atomic mass is 14.6. The van der Waals surface area contributed by atoms with Crippen LogP contribution in [0.25, 0.3) is 0 Å². The van der Waals surface area contributed by atoms with Gasteiger partial charge in [0.2, 0.25) is 0 Å². The molecule has 0 aromatic rings. The van der Waals surface area contributed by atoms with Crippen LogP contribution in [0.4, 0.5) is 0 Å². The Morgan fingerprint density at radius 3 is 0.630 bits per heavy atom. The van der Waals surface area contributed by atoms with Crippen LogP contribution >= 0.6 is 0 Å². The Kier molecular flexibility index (Phi) is 56.8. The lowest BCUT2D eigenvalue weighted by atomic mass is 9.69. The summed E-state index contributed by atoms with van der Waals surface area (Å²) < 4.78 is 0. The summed E-state index contributed by atoms with van der Waals surface area (Å²) >= 11 is 0. The fourth-order valence-corrected chi connectivity index (χ4v) is 21.4. The van der Waals surface area contributed by atoms with Crippen LogP contribution in [-0.4, -0.2) is 12.6 Å². The Labute approximate surface area is 636 Å². The zero-order valence-electron chi connectivity index (χ0n) is 74.3. The third kappa shape index (κ3) is 54.5. The van der Waals surface area contributed by atoms with E-state index in [1.165, 1.54) is 295 Å². The molecule has 0 amide bonds. The molecule has 600 valence electrons. The van der Waals surface area contributed by atoms with Crippen molar-refractivity contribution >= 4 is 0 Å². The van der Waals surface area contributed by atoms with Crippen molar-refractivity contribution in [3.05, 3.63) is 0 Å². The van der Waals surface area contributed by atoms with Gasteiger partial charge in [0.1, 0.15) is 0 Å². The summed E-state index contributed by atoms with van der Waals surface area (Å²) in [6.07, 6.45) is 67.0. The molecule has 4 N–H and O–H groups in total. The summed E-state index contributed by atoms with van der Waals surface area (Å²) in [6, 6.07) is 0.512. The van der Waals surface area contributed by atoms with Crippen LogP contribution in [0.2, 0.25) is 0 Å². The van der Waals surface area contributed by atoms with Crippen molar-refractivity contribution in [3.8, 4) is 0 Å². The molecular formula is C98H198N2. The lowest BCUT2D eigenvalue weighted by Crippen LogP contribution is -2.34. The lowest BCUT2D eigenvalue weighted by Gasteiger charge is -2.37. The van der Waals surface area contributed by atoms with Gasteiger partial charge in [0, 0.05) is 6.04 Å². The average molecular weight is 1400 g/mol. The maximum absolute atomic E-state index is 5.89. The SMILES string of the molecule is CC(C)CC1(CN)CCCCC1.CC(C)CC1CCC(C)CC1.CC(C)CC1CCC(C)CC1.CC(C)CC1CCC(N)CC1.CC(C)CC1CCCC(C)C1.CC(C)C[C@@H]1CCC[C@@H](C)C1.CC(C)C[C@@H]1CCC[C@H](C)C1.CC(C)C[C@H]1CCC[C@@H](C)C1.CC(C)C[C@H]1CCC[C@H](C)C1. The Morgan fingerprint density at radius 2 is 0.440 bits per heavy atom. The molecule has 2 nitrogen and oxygen atoms in total. The summed E-state index contributed by atoms with van der Waals surface area (Å²) in [4.78, 5) is 0. The quantitative estimate of drug-likeness (QED) is 0.135. The van der Waals surface area contributed by atoms with Crippen LogP contribution in [0.15, 0.2) is 0 Å². The second-order valence-corrected chi connectivity index (χ2v) is 42.6. The van der Waals surface area contributed by atoms with Gasteiger partial charge in [-0.3, -0.25) is 0 Å². The van der Waals surface area contributed by atoms with E-state index in [0.29, 0.717) is 11.5 Å². The highest BCUT2D eigenvalue weighted by molar-refractivity contribution is 4.85. The van der Waals surface area contributed by atoms with Gasteiger partial charge in [-0.05, 0) is 282 Å². The van der Waals surface area contributed by atoms with E-state index in [1.54, 1.807) is 0 Å². The van der Waals surface area contributed by atoms with Gasteiger partial charge in [-0.2, -0.15) is 0 Å². The molecule has 0 aromatic carbocycles. The Hall–Kier alpha value is -0.0800. The number of nitrogens with two attached hydrogens (primary N) is 2. The molecule has 9 saturated carbocycles. The molecule has 0 bridgehead atoms. The maximum atomic E-state index is 5.89. The summed E-state index contributed by atoms with van der Waals surface area (Å²) in [6.45, 7) is 59.8. The molecule has 0 heterocycles. The van der Waals surface area contributed by atoms with Crippen LogP contribution < -0.4 is 11.5 Å². The Morgan fingerprint density at radius 1 is 0.230 bits per heavy atom. The minimum absolute atomic E-state index is 0.512. The molecule has 2 heteroatoms. The van der Waals surface area contributed by atoms with Crippen molar-refractivity contribution in [1.82, 2.24) is 0 Å². The van der Waals surface area contributed by atoms with Gasteiger partial charge >= 0.3 is 0 Å². The van der Waals surface area contributed by atoms with Crippen LogP contribution in [0.1, 0.15) is 468 Å². The Balaban J connectivity index is 0.000000563. The zero-order chi connectivity index (χ0) is 75.2. The molecular weight excluding hydrogens is 1210 g/mol. The first-order chi connectivity index (χ1) is 47.1. The minimum Gasteiger partial charge on any atom is -0.330 e. The van der Waals surface area contributed by atoms with Gasteiger partial charge in [-0.1, -0.05) is 340 Å². The van der Waals surface area contributed by atoms with Crippen molar-refractivity contribution in [2.75, 3.05) is 6.54 Å². The van der Waals surface area contributed by atoms with Crippen molar-refractivity contribution < 1.29 is 0 Å². The second-order valence-electron chi connectivity index (χ2n) is 42.6. The predicted molar refractivity (Wildman–Crippen MR) is 457 cm³/mol. The minimum atomic E-state index is 0.512. The lowest BCUT2D eigenvalue weighted by molar-refractivity contribution is 0.159. The average Bonchev–Trinajstić information content (AvgIpc) is 0.861. The van der Waals surface area contributed by atoms with Gasteiger partial charge in [0.15, 0.2) is 0 Å². The second kappa shape index (κ2) is 58.0. The summed E-state index contributed by atoms with van der Waals surface area (Å²) in [5.41, 5.74) is 12.2. The standard InChI is InChI=1S/C11H23N.7C11H22.C10H21N/c1-10(2)8-11(9-12)6-4-3-5-7-11;2*1-9(2)8-11-6-4-10(3)5-7-11;5*1-9(2)7-11-6-4-5-10(3)8-11;1-8(2)7-9-3-5-10(11)6-4-9/h10H,3-9,12H2,1-2H3;7*9-11H,4-8H2,1-3H3;8-10H,3-7,11H2,1-2H3/t;;;2*10-,11+;2*10-,11-;;/m...1010../s1. The number of rotatable bonds is 19. The topological polar surface area (TPSA) is 52.0 Å². The largest absolute Gasteiger partial charge is 0.330 e. The zero-order valence-corrected chi connectivity index (χ0v) is 74.3. The van der Waals surface area contributed by atoms with E-state index in [-0.39, 0.29) is 0 Å². The predicted octanol–water partition coefficient (Wildman–Crippen LogP) is 32.5. The van der Waals surface area contributed by atoms with E-state index in [2.05, 4.69) is 173 Å². The molecule has 100 heavy (non-hydrogen) atoms. The van der Waals surface area contributed by atoms with Gasteiger partial charge in [0.25, 0.3) is 0 Å². The van der Waals surface area contributed by atoms with Crippen molar-refractivity contribution in [2.24, 2.45) is 159 Å². The first kappa shape index (κ1) is 97.9. The van der Waals surface area contributed by atoms with E-state index < -0.39 is 0 Å². The molecule has 9 aliphatic carbocycles. The third-order valence-corrected chi connectivity index (χ3v) is 26.0. The molecule has 9 aliphatic rings. The highest BCUT2D eigenvalue weighted by Gasteiger charge is 2.31. The van der Waals surface area contributed by atoms with Crippen LogP contribution in [-0.2, 0) is 0 Å². The summed E-state index contributed by atoms with van der Waals surface area (Å²) in [7, 11) is 0. The normalized spacial score (nSPS) is 31.6. The summed E-state index contributed by atoms with van der Waals surface area (Å²) in [5.74, 6) is 23.5. The van der Waals surface area contributed by atoms with Crippen LogP contribution in [0.3, 0.4) is 0 Å². The molecule has 10 atom stereocenters. The van der Waals surface area contributed by atoms with E-state index >= 15 is 0 Å². The smallest absolute Gasteiger partial charge is 0.00390 e. The van der Waals surface area contributed by atoms with Gasteiger partial charge in [-0.25, -0.2) is 0 Å². The van der Waals surface area contributed by atoms with E-state index in [9.17, 15) is 0 Å². The van der Waals surface area contributed by atoms with Crippen LogP contribution in [0, 0.1) is 147 Å². The number of hydrogen-bond acceptors (Lipinski definition) is 2. The van der Waals surface area contributed by atoms with Gasteiger partial charge < -0.3 is 11.5 Å². The summed E-state index contributed by atoms with van der Waals surface area (Å²) in [5, 5.41) is 0. The van der Waals surface area contributed by atoms with Crippen molar-refractivity contribution in [1.29, 1.82) is 0 Å². The fraction of sp³-hybridized carbons (Fsp3) is 1.00. The van der Waals surface area contributed by atoms with Gasteiger partial charge in [-0.15, -0.1) is 0 Å². The van der Waals surface area contributed by atoms with Crippen LogP contribution in [0.5, 0.6) is 0 Å². The first-order valence-corrected chi connectivity index (χ1v) is 46.6. The monoisotopic (exact) mass is 1400 g/mol. The molecule has 9 fully saturated rings. The molecule has 0 aromatic heterocycles. The van der Waals surface area contributed by atoms with E-state index in [0.717, 1.165) is 149 Å². The third-order valence-electron chi connectivity index (χ3n) is 26.0.